The fourth-order valence-corrected chi connectivity index (χ4v) is 2.64. The topological polar surface area (TPSA) is 92.6 Å². The number of aliphatic hydroxyl groups is 1. The number of amides is 1. The van der Waals surface area contributed by atoms with E-state index in [1.807, 2.05) is 24.4 Å². The van der Waals surface area contributed by atoms with Gasteiger partial charge in [0.2, 0.25) is 5.91 Å². The Morgan fingerprint density at radius 1 is 1.67 bits per heavy atom. The highest BCUT2D eigenvalue weighted by molar-refractivity contribution is 7.17. The molecule has 0 bridgehead atoms. The lowest BCUT2D eigenvalue weighted by Crippen LogP contribution is -2.37. The molecule has 18 heavy (non-hydrogen) atoms. The second-order valence-electron chi connectivity index (χ2n) is 4.19. The third-order valence-electron chi connectivity index (χ3n) is 2.70. The van der Waals surface area contributed by atoms with Gasteiger partial charge in [-0.15, -0.1) is 11.3 Å². The van der Waals surface area contributed by atoms with Gasteiger partial charge in [0, 0.05) is 24.2 Å². The third-order valence-corrected chi connectivity index (χ3v) is 3.60. The van der Waals surface area contributed by atoms with Crippen molar-refractivity contribution < 1.29 is 9.90 Å². The largest absolute Gasteiger partial charge is 0.382 e. The first-order valence-electron chi connectivity index (χ1n) is 5.61. The Balaban J connectivity index is 2.07. The molecule has 0 aliphatic heterocycles. The minimum atomic E-state index is -1.15. The van der Waals surface area contributed by atoms with E-state index in [9.17, 15) is 9.90 Å². The molecule has 7 heteroatoms. The van der Waals surface area contributed by atoms with Gasteiger partial charge in [-0.05, 0) is 13.8 Å². The third kappa shape index (κ3) is 2.53. The zero-order chi connectivity index (χ0) is 13.3. The molecule has 2 heterocycles. The van der Waals surface area contributed by atoms with Crippen LogP contribution < -0.4 is 11.1 Å². The van der Waals surface area contributed by atoms with Crippen molar-refractivity contribution in [3.8, 4) is 0 Å². The van der Waals surface area contributed by atoms with Gasteiger partial charge in [-0.2, -0.15) is 0 Å². The number of imidazole rings is 1. The van der Waals surface area contributed by atoms with Crippen LogP contribution in [0, 0.1) is 13.8 Å². The maximum atomic E-state index is 10.7. The van der Waals surface area contributed by atoms with Crippen LogP contribution in [0.4, 0.5) is 0 Å². The smallest absolute Gasteiger partial charge is 0.247 e. The zero-order valence-electron chi connectivity index (χ0n) is 10.3. The minimum absolute atomic E-state index is 0.144. The number of hydrogen-bond acceptors (Lipinski definition) is 5. The Bertz CT molecular complexity index is 575. The highest BCUT2D eigenvalue weighted by Crippen LogP contribution is 2.20. The number of primary amides is 1. The number of nitrogens with two attached hydrogens (primary N) is 1. The fraction of sp³-hybridized carbons (Fsp3) is 0.455. The van der Waals surface area contributed by atoms with Gasteiger partial charge in [0.05, 0.1) is 11.4 Å². The molecule has 0 spiro atoms. The standard InChI is InChI=1S/C11H16N4O2S/c1-6-5-15-8(7(2)14-11(15)18-6)3-13-4-9(16)10(12)17/h5,9,13,16H,3-4H2,1-2H3,(H2,12,17). The van der Waals surface area contributed by atoms with Crippen molar-refractivity contribution in [1.29, 1.82) is 0 Å². The number of nitrogens with one attached hydrogen (secondary N) is 1. The van der Waals surface area contributed by atoms with E-state index in [2.05, 4.69) is 10.3 Å². The van der Waals surface area contributed by atoms with Crippen LogP contribution in [0.2, 0.25) is 0 Å². The lowest BCUT2D eigenvalue weighted by Gasteiger charge is -2.08. The van der Waals surface area contributed by atoms with Crippen molar-refractivity contribution in [1.82, 2.24) is 14.7 Å². The number of rotatable bonds is 5. The summed E-state index contributed by atoms with van der Waals surface area (Å²) in [4.78, 5) is 17.3. The van der Waals surface area contributed by atoms with Crippen LogP contribution in [0.25, 0.3) is 4.96 Å². The molecular weight excluding hydrogens is 252 g/mol. The summed E-state index contributed by atoms with van der Waals surface area (Å²) in [5, 5.41) is 12.3. The first-order chi connectivity index (χ1) is 8.49. The average molecular weight is 268 g/mol. The quantitative estimate of drug-likeness (QED) is 0.709. The van der Waals surface area contributed by atoms with E-state index in [4.69, 9.17) is 5.73 Å². The summed E-state index contributed by atoms with van der Waals surface area (Å²) in [6.07, 6.45) is 0.875. The van der Waals surface area contributed by atoms with E-state index >= 15 is 0 Å². The molecule has 0 saturated carbocycles. The number of aryl methyl sites for hydroxylation is 2. The molecule has 4 N–H and O–H groups in total. The van der Waals surface area contributed by atoms with Gasteiger partial charge in [-0.3, -0.25) is 9.20 Å². The van der Waals surface area contributed by atoms with E-state index in [0.29, 0.717) is 6.54 Å². The van der Waals surface area contributed by atoms with Crippen molar-refractivity contribution >= 4 is 22.2 Å². The SMILES string of the molecule is Cc1cn2c(CNCC(O)C(N)=O)c(C)nc2s1. The molecule has 1 amide bonds. The molecule has 0 radical (unpaired) electrons. The molecular formula is C11H16N4O2S. The normalized spacial score (nSPS) is 13.1. The van der Waals surface area contributed by atoms with Crippen LogP contribution in [-0.4, -0.2) is 33.0 Å². The Morgan fingerprint density at radius 3 is 3.06 bits per heavy atom. The van der Waals surface area contributed by atoms with Crippen molar-refractivity contribution in [2.24, 2.45) is 5.73 Å². The van der Waals surface area contributed by atoms with Crippen LogP contribution in [-0.2, 0) is 11.3 Å². The Morgan fingerprint density at radius 2 is 2.39 bits per heavy atom. The molecule has 6 nitrogen and oxygen atoms in total. The van der Waals surface area contributed by atoms with Gasteiger partial charge in [-0.1, -0.05) is 0 Å². The second-order valence-corrected chi connectivity index (χ2v) is 5.40. The van der Waals surface area contributed by atoms with E-state index < -0.39 is 12.0 Å². The molecule has 2 aromatic rings. The molecule has 2 rings (SSSR count). The van der Waals surface area contributed by atoms with Crippen LogP contribution in [0.1, 0.15) is 16.3 Å². The summed E-state index contributed by atoms with van der Waals surface area (Å²) in [6.45, 7) is 4.65. The van der Waals surface area contributed by atoms with Crippen LogP contribution in [0.5, 0.6) is 0 Å². The van der Waals surface area contributed by atoms with Crippen molar-refractivity contribution in [2.45, 2.75) is 26.5 Å². The number of carbonyl (C=O) groups excluding carboxylic acids is 1. The first kappa shape index (κ1) is 13.0. The molecule has 0 saturated heterocycles. The number of fused-ring (bicyclic) bond motifs is 1. The second kappa shape index (κ2) is 5.05. The van der Waals surface area contributed by atoms with E-state index in [1.54, 1.807) is 11.3 Å². The Hall–Kier alpha value is -1.44. The minimum Gasteiger partial charge on any atom is -0.382 e. The van der Waals surface area contributed by atoms with Gasteiger partial charge in [-0.25, -0.2) is 4.98 Å². The molecule has 2 aromatic heterocycles. The Kier molecular flexibility index (Phi) is 3.65. The maximum Gasteiger partial charge on any atom is 0.247 e. The van der Waals surface area contributed by atoms with Gasteiger partial charge in [0.25, 0.3) is 0 Å². The molecule has 0 aliphatic carbocycles. The number of aliphatic hydroxyl groups excluding tert-OH is 1. The van der Waals surface area contributed by atoms with E-state index in [-0.39, 0.29) is 6.54 Å². The number of thiazole rings is 1. The predicted octanol–water partition coefficient (Wildman–Crippen LogP) is -0.0516. The summed E-state index contributed by atoms with van der Waals surface area (Å²) in [5.41, 5.74) is 6.95. The summed E-state index contributed by atoms with van der Waals surface area (Å²) in [6, 6.07) is 0. The zero-order valence-corrected chi connectivity index (χ0v) is 11.1. The highest BCUT2D eigenvalue weighted by atomic mass is 32.1. The lowest BCUT2D eigenvalue weighted by molar-refractivity contribution is -0.125. The first-order valence-corrected chi connectivity index (χ1v) is 6.42. The van der Waals surface area contributed by atoms with Crippen LogP contribution >= 0.6 is 11.3 Å². The highest BCUT2D eigenvalue weighted by Gasteiger charge is 2.13. The number of carbonyl (C=O) groups is 1. The number of aromatic nitrogens is 2. The van der Waals surface area contributed by atoms with Crippen molar-refractivity contribution in [2.75, 3.05) is 6.54 Å². The molecule has 0 aromatic carbocycles. The Labute approximate surface area is 108 Å². The van der Waals surface area contributed by atoms with E-state index in [1.165, 1.54) is 4.88 Å². The summed E-state index contributed by atoms with van der Waals surface area (Å²) in [5.74, 6) is -0.718. The monoisotopic (exact) mass is 268 g/mol. The van der Waals surface area contributed by atoms with Gasteiger partial charge < -0.3 is 16.2 Å². The molecule has 1 unspecified atom stereocenters. The average Bonchev–Trinajstić information content (AvgIpc) is 2.76. The molecule has 1 atom stereocenters. The number of hydrogen-bond donors (Lipinski definition) is 3. The van der Waals surface area contributed by atoms with Gasteiger partial charge >= 0.3 is 0 Å². The van der Waals surface area contributed by atoms with Crippen LogP contribution in [0.3, 0.4) is 0 Å². The fourth-order valence-electron chi connectivity index (χ4n) is 1.75. The number of nitrogens with zero attached hydrogens (tertiary/aromatic N) is 2. The van der Waals surface area contributed by atoms with Gasteiger partial charge in [0.1, 0.15) is 6.10 Å². The molecule has 98 valence electrons. The van der Waals surface area contributed by atoms with Crippen molar-refractivity contribution in [3.63, 3.8) is 0 Å². The summed E-state index contributed by atoms with van der Waals surface area (Å²) in [7, 11) is 0. The lowest BCUT2D eigenvalue weighted by atomic mass is 10.3. The van der Waals surface area contributed by atoms with Gasteiger partial charge in [0.15, 0.2) is 4.96 Å². The summed E-state index contributed by atoms with van der Waals surface area (Å²) < 4.78 is 2.03. The predicted molar refractivity (Wildman–Crippen MR) is 69.5 cm³/mol. The molecule has 0 aliphatic rings. The van der Waals surface area contributed by atoms with E-state index in [0.717, 1.165) is 16.3 Å². The molecule has 0 fully saturated rings. The van der Waals surface area contributed by atoms with Crippen molar-refractivity contribution in [3.05, 3.63) is 22.5 Å². The summed E-state index contributed by atoms with van der Waals surface area (Å²) >= 11 is 1.63. The maximum absolute atomic E-state index is 10.7. The van der Waals surface area contributed by atoms with Crippen LogP contribution in [0.15, 0.2) is 6.20 Å².